The van der Waals surface area contributed by atoms with Crippen LogP contribution in [0.25, 0.3) is 0 Å². The molecule has 0 spiro atoms. The number of aryl methyl sites for hydroxylation is 1. The van der Waals surface area contributed by atoms with E-state index >= 15 is 0 Å². The van der Waals surface area contributed by atoms with Crippen LogP contribution in [0.5, 0.6) is 5.75 Å². The normalized spacial score (nSPS) is 10.9. The highest BCUT2D eigenvalue weighted by molar-refractivity contribution is 5.26. The number of rotatable bonds is 8. The number of hydrogen-bond acceptors (Lipinski definition) is 4. The van der Waals surface area contributed by atoms with E-state index in [1.54, 1.807) is 7.11 Å². The minimum atomic E-state index is 0.806. The quantitative estimate of drug-likeness (QED) is 0.715. The largest absolute Gasteiger partial charge is 0.497 e. The summed E-state index contributed by atoms with van der Waals surface area (Å²) in [6.45, 7) is 4.98. The first kappa shape index (κ1) is 14.9. The van der Waals surface area contributed by atoms with Gasteiger partial charge in [0.15, 0.2) is 0 Å². The zero-order valence-electron chi connectivity index (χ0n) is 12.0. The van der Waals surface area contributed by atoms with Gasteiger partial charge in [0.2, 0.25) is 0 Å². The molecule has 1 rings (SSSR count). The third kappa shape index (κ3) is 5.98. The molecule has 0 saturated carbocycles. The van der Waals surface area contributed by atoms with Crippen LogP contribution in [0, 0.1) is 6.92 Å². The number of nitrogens with one attached hydrogen (secondary N) is 1. The van der Waals surface area contributed by atoms with Crippen molar-refractivity contribution in [1.29, 1.82) is 0 Å². The monoisotopic (exact) mass is 251 g/mol. The zero-order valence-corrected chi connectivity index (χ0v) is 12.0. The summed E-state index contributed by atoms with van der Waals surface area (Å²) in [6.07, 6.45) is 2.42. The van der Waals surface area contributed by atoms with Gasteiger partial charge in [0.1, 0.15) is 5.75 Å². The maximum Gasteiger partial charge on any atom is 0.122 e. The molecule has 0 radical (unpaired) electrons. The van der Waals surface area contributed by atoms with Gasteiger partial charge in [-0.3, -0.25) is 4.98 Å². The van der Waals surface area contributed by atoms with E-state index < -0.39 is 0 Å². The van der Waals surface area contributed by atoms with Crippen molar-refractivity contribution < 1.29 is 4.74 Å². The van der Waals surface area contributed by atoms with Gasteiger partial charge in [-0.05, 0) is 47.0 Å². The van der Waals surface area contributed by atoms with Crippen molar-refractivity contribution in [3.63, 3.8) is 0 Å². The average Bonchev–Trinajstić information content (AvgIpc) is 2.32. The molecule has 0 fully saturated rings. The Morgan fingerprint density at radius 1 is 1.28 bits per heavy atom. The summed E-state index contributed by atoms with van der Waals surface area (Å²) in [4.78, 5) is 6.69. The Hall–Kier alpha value is -1.13. The second-order valence-electron chi connectivity index (χ2n) is 4.83. The Bertz CT molecular complexity index is 353. The second-order valence-corrected chi connectivity index (χ2v) is 4.83. The summed E-state index contributed by atoms with van der Waals surface area (Å²) < 4.78 is 5.23. The Morgan fingerprint density at radius 2 is 2.06 bits per heavy atom. The van der Waals surface area contributed by atoms with Gasteiger partial charge in [-0.25, -0.2) is 0 Å². The Kier molecular flexibility index (Phi) is 6.68. The standard InChI is InChI=1S/C14H25N3O/c1-12-9-14(18-4)10-13(16-12)11-15-7-5-6-8-17(2)3/h9-10,15H,5-8,11H2,1-4H3. The van der Waals surface area contributed by atoms with E-state index in [2.05, 4.69) is 29.3 Å². The first-order chi connectivity index (χ1) is 8.61. The Labute approximate surface area is 110 Å². The summed E-state index contributed by atoms with van der Waals surface area (Å²) in [5, 5.41) is 3.42. The van der Waals surface area contributed by atoms with Crippen LogP contribution in [-0.4, -0.2) is 44.2 Å². The number of methoxy groups -OCH3 is 1. The molecule has 0 saturated heterocycles. The van der Waals surface area contributed by atoms with E-state index in [0.29, 0.717) is 0 Å². The molecule has 1 aromatic rings. The van der Waals surface area contributed by atoms with Crippen molar-refractivity contribution >= 4 is 0 Å². The molecule has 0 aliphatic rings. The number of pyridine rings is 1. The van der Waals surface area contributed by atoms with Crippen molar-refractivity contribution in [1.82, 2.24) is 15.2 Å². The molecule has 0 amide bonds. The van der Waals surface area contributed by atoms with Crippen molar-refractivity contribution in [3.8, 4) is 5.75 Å². The molecule has 0 aromatic carbocycles. The van der Waals surface area contributed by atoms with Gasteiger partial charge in [-0.15, -0.1) is 0 Å². The highest BCUT2D eigenvalue weighted by Crippen LogP contribution is 2.12. The Balaban J connectivity index is 2.24. The lowest BCUT2D eigenvalue weighted by Crippen LogP contribution is -2.18. The lowest BCUT2D eigenvalue weighted by Gasteiger charge is -2.10. The van der Waals surface area contributed by atoms with Gasteiger partial charge in [-0.2, -0.15) is 0 Å². The predicted octanol–water partition coefficient (Wildman–Crippen LogP) is 1.83. The van der Waals surface area contributed by atoms with Gasteiger partial charge in [0.25, 0.3) is 0 Å². The van der Waals surface area contributed by atoms with Crippen LogP contribution in [-0.2, 0) is 6.54 Å². The molecule has 0 atom stereocenters. The topological polar surface area (TPSA) is 37.4 Å². The van der Waals surface area contributed by atoms with Gasteiger partial charge < -0.3 is 15.0 Å². The van der Waals surface area contributed by atoms with Gasteiger partial charge in [0.05, 0.1) is 12.8 Å². The molecule has 4 heteroatoms. The summed E-state index contributed by atoms with van der Waals surface area (Å²) in [6, 6.07) is 3.93. The van der Waals surface area contributed by atoms with E-state index in [4.69, 9.17) is 4.74 Å². The number of hydrogen-bond donors (Lipinski definition) is 1. The van der Waals surface area contributed by atoms with Crippen LogP contribution in [0.1, 0.15) is 24.2 Å². The van der Waals surface area contributed by atoms with E-state index in [1.165, 1.54) is 12.8 Å². The van der Waals surface area contributed by atoms with E-state index in [0.717, 1.165) is 36.8 Å². The fourth-order valence-corrected chi connectivity index (χ4v) is 1.81. The number of ether oxygens (including phenoxy) is 1. The molecule has 4 nitrogen and oxygen atoms in total. The second kappa shape index (κ2) is 8.06. The maximum atomic E-state index is 5.23. The zero-order chi connectivity index (χ0) is 13.4. The van der Waals surface area contributed by atoms with Crippen molar-refractivity contribution in [2.45, 2.75) is 26.3 Å². The third-order valence-electron chi connectivity index (χ3n) is 2.73. The third-order valence-corrected chi connectivity index (χ3v) is 2.73. The molecule has 0 bridgehead atoms. The lowest BCUT2D eigenvalue weighted by atomic mass is 10.2. The minimum absolute atomic E-state index is 0.806. The molecule has 0 aliphatic carbocycles. The van der Waals surface area contributed by atoms with E-state index in [9.17, 15) is 0 Å². The fraction of sp³-hybridized carbons (Fsp3) is 0.643. The number of nitrogens with zero attached hydrogens (tertiary/aromatic N) is 2. The summed E-state index contributed by atoms with van der Waals surface area (Å²) in [7, 11) is 5.90. The number of aromatic nitrogens is 1. The van der Waals surface area contributed by atoms with Crippen molar-refractivity contribution in [3.05, 3.63) is 23.5 Å². The summed E-state index contributed by atoms with van der Waals surface area (Å²) in [5.74, 6) is 0.881. The van der Waals surface area contributed by atoms with Crippen molar-refractivity contribution in [2.75, 3.05) is 34.3 Å². The Morgan fingerprint density at radius 3 is 2.72 bits per heavy atom. The molecule has 1 N–H and O–H groups in total. The average molecular weight is 251 g/mol. The van der Waals surface area contributed by atoms with E-state index in [1.807, 2.05) is 19.1 Å². The van der Waals surface area contributed by atoms with Crippen LogP contribution in [0.15, 0.2) is 12.1 Å². The van der Waals surface area contributed by atoms with Gasteiger partial charge >= 0.3 is 0 Å². The predicted molar refractivity (Wildman–Crippen MR) is 75.0 cm³/mol. The molecular formula is C14H25N3O. The van der Waals surface area contributed by atoms with Gasteiger partial charge in [0, 0.05) is 24.4 Å². The highest BCUT2D eigenvalue weighted by Gasteiger charge is 2.00. The van der Waals surface area contributed by atoms with Crippen molar-refractivity contribution in [2.24, 2.45) is 0 Å². The van der Waals surface area contributed by atoms with E-state index in [-0.39, 0.29) is 0 Å². The van der Waals surface area contributed by atoms with Crippen LogP contribution < -0.4 is 10.1 Å². The number of unbranched alkanes of at least 4 members (excludes halogenated alkanes) is 1. The molecule has 0 aliphatic heterocycles. The van der Waals surface area contributed by atoms with Crippen LogP contribution in [0.2, 0.25) is 0 Å². The first-order valence-corrected chi connectivity index (χ1v) is 6.49. The summed E-state index contributed by atoms with van der Waals surface area (Å²) >= 11 is 0. The molecule has 1 heterocycles. The molecule has 102 valence electrons. The highest BCUT2D eigenvalue weighted by atomic mass is 16.5. The lowest BCUT2D eigenvalue weighted by molar-refractivity contribution is 0.391. The van der Waals surface area contributed by atoms with Crippen LogP contribution >= 0.6 is 0 Å². The molecule has 0 unspecified atom stereocenters. The minimum Gasteiger partial charge on any atom is -0.497 e. The fourth-order valence-electron chi connectivity index (χ4n) is 1.81. The molecule has 1 aromatic heterocycles. The van der Waals surface area contributed by atoms with Gasteiger partial charge in [-0.1, -0.05) is 0 Å². The SMILES string of the molecule is COc1cc(C)nc(CNCCCCN(C)C)c1. The van der Waals surface area contributed by atoms with Crippen LogP contribution in [0.4, 0.5) is 0 Å². The molecular weight excluding hydrogens is 226 g/mol. The maximum absolute atomic E-state index is 5.23. The smallest absolute Gasteiger partial charge is 0.122 e. The van der Waals surface area contributed by atoms with Crippen LogP contribution in [0.3, 0.4) is 0 Å². The first-order valence-electron chi connectivity index (χ1n) is 6.49. The molecule has 18 heavy (non-hydrogen) atoms. The summed E-state index contributed by atoms with van der Waals surface area (Å²) in [5.41, 5.74) is 2.04.